The fourth-order valence-corrected chi connectivity index (χ4v) is 5.43. The van der Waals surface area contributed by atoms with Gasteiger partial charge in [-0.25, -0.2) is 17.5 Å². The predicted molar refractivity (Wildman–Crippen MR) is 83.8 cm³/mol. The highest BCUT2D eigenvalue weighted by Crippen LogP contribution is 2.35. The van der Waals surface area contributed by atoms with Gasteiger partial charge in [0, 0.05) is 16.6 Å². The molecule has 0 saturated heterocycles. The zero-order valence-electron chi connectivity index (χ0n) is 11.9. The molecule has 1 aliphatic carbocycles. The monoisotopic (exact) mass is 378 g/mol. The normalized spacial score (nSPS) is 26.8. The van der Waals surface area contributed by atoms with Crippen LogP contribution in [-0.4, -0.2) is 20.5 Å². The molecule has 1 aromatic carbocycles. The Bertz CT molecular complexity index is 623. The topological polar surface area (TPSA) is 72.2 Å². The Labute approximate surface area is 133 Å². The van der Waals surface area contributed by atoms with E-state index in [1.54, 1.807) is 0 Å². The summed E-state index contributed by atoms with van der Waals surface area (Å²) in [4.78, 5) is -0.0897. The Morgan fingerprint density at radius 1 is 1.48 bits per heavy atom. The van der Waals surface area contributed by atoms with Crippen LogP contribution in [0.5, 0.6) is 0 Å². The highest BCUT2D eigenvalue weighted by Gasteiger charge is 2.41. The SMILES string of the molecule is CC1CCCCC1(CN)NS(=O)(=O)c1cc(F)ccc1Br. The van der Waals surface area contributed by atoms with Crippen molar-refractivity contribution in [3.05, 3.63) is 28.5 Å². The first-order chi connectivity index (χ1) is 9.81. The second-order valence-electron chi connectivity index (χ2n) is 5.69. The number of hydrogen-bond donors (Lipinski definition) is 2. The van der Waals surface area contributed by atoms with Crippen molar-refractivity contribution in [2.75, 3.05) is 6.54 Å². The van der Waals surface area contributed by atoms with Gasteiger partial charge in [0.15, 0.2) is 0 Å². The molecule has 3 N–H and O–H groups in total. The fraction of sp³-hybridized carbons (Fsp3) is 0.571. The van der Waals surface area contributed by atoms with Gasteiger partial charge in [0.25, 0.3) is 0 Å². The van der Waals surface area contributed by atoms with E-state index >= 15 is 0 Å². The van der Waals surface area contributed by atoms with Crippen molar-refractivity contribution in [3.8, 4) is 0 Å². The maximum absolute atomic E-state index is 13.4. The lowest BCUT2D eigenvalue weighted by Crippen LogP contribution is -2.59. The van der Waals surface area contributed by atoms with E-state index in [1.807, 2.05) is 6.92 Å². The van der Waals surface area contributed by atoms with Crippen LogP contribution in [0, 0.1) is 11.7 Å². The summed E-state index contributed by atoms with van der Waals surface area (Å²) in [5.74, 6) is -0.435. The Hall–Kier alpha value is -0.500. The van der Waals surface area contributed by atoms with Crippen molar-refractivity contribution >= 4 is 26.0 Å². The molecule has 0 radical (unpaired) electrons. The zero-order chi connectivity index (χ0) is 15.7. The van der Waals surface area contributed by atoms with Crippen molar-refractivity contribution in [1.82, 2.24) is 4.72 Å². The van der Waals surface area contributed by atoms with Crippen molar-refractivity contribution < 1.29 is 12.8 Å². The number of nitrogens with two attached hydrogens (primary N) is 1. The van der Waals surface area contributed by atoms with Gasteiger partial charge in [-0.15, -0.1) is 0 Å². The van der Waals surface area contributed by atoms with E-state index < -0.39 is 21.4 Å². The molecule has 0 spiro atoms. The van der Waals surface area contributed by atoms with E-state index in [0.29, 0.717) is 10.9 Å². The Balaban J connectivity index is 2.37. The molecule has 0 aliphatic heterocycles. The first-order valence-corrected chi connectivity index (χ1v) is 9.27. The fourth-order valence-electron chi connectivity index (χ4n) is 2.92. The number of nitrogens with one attached hydrogen (secondary N) is 1. The van der Waals surface area contributed by atoms with Crippen molar-refractivity contribution in [1.29, 1.82) is 0 Å². The minimum Gasteiger partial charge on any atom is -0.329 e. The Morgan fingerprint density at radius 3 is 2.81 bits per heavy atom. The van der Waals surface area contributed by atoms with Crippen LogP contribution < -0.4 is 10.5 Å². The van der Waals surface area contributed by atoms with Crippen molar-refractivity contribution in [2.45, 2.75) is 43.0 Å². The molecule has 2 rings (SSSR count). The summed E-state index contributed by atoms with van der Waals surface area (Å²) in [5, 5.41) is 0. The summed E-state index contributed by atoms with van der Waals surface area (Å²) in [5.41, 5.74) is 5.22. The van der Waals surface area contributed by atoms with Crippen LogP contribution in [0.3, 0.4) is 0 Å². The average molecular weight is 379 g/mol. The smallest absolute Gasteiger partial charge is 0.242 e. The molecule has 21 heavy (non-hydrogen) atoms. The first-order valence-electron chi connectivity index (χ1n) is 7.00. The van der Waals surface area contributed by atoms with E-state index in [1.165, 1.54) is 12.1 Å². The van der Waals surface area contributed by atoms with E-state index in [9.17, 15) is 12.8 Å². The lowest BCUT2D eigenvalue weighted by Gasteiger charge is -2.42. The number of sulfonamides is 1. The summed E-state index contributed by atoms with van der Waals surface area (Å²) in [6.45, 7) is 2.25. The Morgan fingerprint density at radius 2 is 2.19 bits per heavy atom. The standard InChI is InChI=1S/C14H20BrFN2O2S/c1-10-4-2-3-7-14(10,9-17)18-21(19,20)13-8-11(16)5-6-12(13)15/h5-6,8,10,18H,2-4,7,9,17H2,1H3. The molecule has 1 fully saturated rings. The van der Waals surface area contributed by atoms with Gasteiger partial charge in [0.2, 0.25) is 10.0 Å². The second-order valence-corrected chi connectivity index (χ2v) is 8.19. The third kappa shape index (κ3) is 3.47. The molecular formula is C14H20BrFN2O2S. The van der Waals surface area contributed by atoms with E-state index in [0.717, 1.165) is 25.3 Å². The maximum atomic E-state index is 13.4. The molecule has 2 unspecified atom stereocenters. The highest BCUT2D eigenvalue weighted by molar-refractivity contribution is 9.10. The molecular weight excluding hydrogens is 359 g/mol. The van der Waals surface area contributed by atoms with E-state index in [4.69, 9.17) is 5.73 Å². The molecule has 0 amide bonds. The Kier molecular flexibility index (Phi) is 5.07. The summed E-state index contributed by atoms with van der Waals surface area (Å²) >= 11 is 3.17. The molecule has 118 valence electrons. The number of benzene rings is 1. The quantitative estimate of drug-likeness (QED) is 0.845. The minimum atomic E-state index is -3.83. The van der Waals surface area contributed by atoms with Crippen LogP contribution in [-0.2, 0) is 10.0 Å². The molecule has 0 aromatic heterocycles. The van der Waals surface area contributed by atoms with Crippen molar-refractivity contribution in [2.24, 2.45) is 11.7 Å². The van der Waals surface area contributed by atoms with Gasteiger partial charge >= 0.3 is 0 Å². The van der Waals surface area contributed by atoms with Gasteiger partial charge < -0.3 is 5.73 Å². The maximum Gasteiger partial charge on any atom is 0.242 e. The minimum absolute atomic E-state index is 0.0897. The lowest BCUT2D eigenvalue weighted by molar-refractivity contribution is 0.191. The molecule has 1 aromatic rings. The number of rotatable bonds is 4. The first kappa shape index (κ1) is 16.9. The zero-order valence-corrected chi connectivity index (χ0v) is 14.3. The molecule has 1 aliphatic rings. The van der Waals surface area contributed by atoms with Gasteiger partial charge in [0.1, 0.15) is 5.82 Å². The average Bonchev–Trinajstić information content (AvgIpc) is 2.44. The van der Waals surface area contributed by atoms with Crippen LogP contribution in [0.2, 0.25) is 0 Å². The van der Waals surface area contributed by atoms with Crippen LogP contribution in [0.15, 0.2) is 27.6 Å². The summed E-state index contributed by atoms with van der Waals surface area (Å²) in [7, 11) is -3.83. The molecule has 7 heteroatoms. The second kappa shape index (κ2) is 6.32. The molecule has 0 bridgehead atoms. The largest absolute Gasteiger partial charge is 0.329 e. The predicted octanol–water partition coefficient (Wildman–Crippen LogP) is 2.77. The number of halogens is 2. The molecule has 2 atom stereocenters. The molecule has 1 saturated carbocycles. The van der Waals surface area contributed by atoms with Crippen LogP contribution in [0.25, 0.3) is 0 Å². The van der Waals surface area contributed by atoms with Gasteiger partial charge in [-0.2, -0.15) is 0 Å². The molecule has 0 heterocycles. The van der Waals surface area contributed by atoms with Crippen LogP contribution in [0.4, 0.5) is 4.39 Å². The third-order valence-corrected chi connectivity index (χ3v) is 6.88. The van der Waals surface area contributed by atoms with Gasteiger partial charge in [-0.3, -0.25) is 0 Å². The van der Waals surface area contributed by atoms with Gasteiger partial charge in [-0.05, 0) is 52.9 Å². The number of hydrogen-bond acceptors (Lipinski definition) is 3. The summed E-state index contributed by atoms with van der Waals surface area (Å²) in [6, 6.07) is 3.62. The van der Waals surface area contributed by atoms with E-state index in [-0.39, 0.29) is 17.4 Å². The van der Waals surface area contributed by atoms with Gasteiger partial charge in [0.05, 0.1) is 4.90 Å². The van der Waals surface area contributed by atoms with Crippen LogP contribution in [0.1, 0.15) is 32.6 Å². The van der Waals surface area contributed by atoms with Gasteiger partial charge in [-0.1, -0.05) is 19.8 Å². The highest BCUT2D eigenvalue weighted by atomic mass is 79.9. The van der Waals surface area contributed by atoms with Crippen molar-refractivity contribution in [3.63, 3.8) is 0 Å². The lowest BCUT2D eigenvalue weighted by atomic mass is 9.74. The van der Waals surface area contributed by atoms with Crippen LogP contribution >= 0.6 is 15.9 Å². The summed E-state index contributed by atoms with van der Waals surface area (Å²) in [6.07, 6.45) is 3.66. The summed E-state index contributed by atoms with van der Waals surface area (Å²) < 4.78 is 41.7. The van der Waals surface area contributed by atoms with E-state index in [2.05, 4.69) is 20.7 Å². The molecule has 4 nitrogen and oxygen atoms in total. The third-order valence-electron chi connectivity index (χ3n) is 4.34.